The largest absolute Gasteiger partial charge is 0.375 e. The molecule has 2 rings (SSSR count). The topological polar surface area (TPSA) is 50.8 Å². The zero-order chi connectivity index (χ0) is 14.5. The summed E-state index contributed by atoms with van der Waals surface area (Å²) in [5.74, 6) is 0.596. The Bertz CT molecular complexity index is 501. The van der Waals surface area contributed by atoms with Crippen molar-refractivity contribution in [1.82, 2.24) is 4.90 Å². The molecular weight excluding hydrogens is 468 g/mol. The number of halogens is 3. The van der Waals surface area contributed by atoms with Crippen LogP contribution in [0.4, 0.5) is 0 Å². The predicted octanol–water partition coefficient (Wildman–Crippen LogP) is 3.30. The molecule has 0 aliphatic carbocycles. The molecule has 1 unspecified atom stereocenters. The van der Waals surface area contributed by atoms with Gasteiger partial charge in [0.1, 0.15) is 0 Å². The third-order valence-corrected chi connectivity index (χ3v) is 4.24. The van der Waals surface area contributed by atoms with Crippen molar-refractivity contribution < 1.29 is 4.74 Å². The second-order valence-corrected chi connectivity index (χ2v) is 6.14. The molecule has 1 heterocycles. The Morgan fingerprint density at radius 1 is 1.57 bits per heavy atom. The number of hydrogen-bond donors (Lipinski definition) is 1. The molecule has 1 aromatic rings. The minimum Gasteiger partial charge on any atom is -0.375 e. The number of nitrogens with two attached hydrogens (primary N) is 1. The number of ether oxygens (including phenoxy) is 1. The molecule has 1 fully saturated rings. The SMILES string of the molecule is CC1CN(C(N)=NCCc2cc(Cl)ccc2Br)CCO1.I. The molecule has 0 aromatic heterocycles. The van der Waals surface area contributed by atoms with Crippen LogP contribution in [0.3, 0.4) is 0 Å². The lowest BCUT2D eigenvalue weighted by Crippen LogP contribution is -2.47. The van der Waals surface area contributed by atoms with Crippen molar-refractivity contribution in [1.29, 1.82) is 0 Å². The minimum absolute atomic E-state index is 0. The van der Waals surface area contributed by atoms with Gasteiger partial charge in [-0.15, -0.1) is 24.0 Å². The maximum absolute atomic E-state index is 6.03. The number of hydrogen-bond acceptors (Lipinski definition) is 2. The second kappa shape index (κ2) is 9.17. The Hall–Kier alpha value is -0.0500. The molecule has 0 amide bonds. The van der Waals surface area contributed by atoms with Gasteiger partial charge in [-0.25, -0.2) is 0 Å². The summed E-state index contributed by atoms with van der Waals surface area (Å²) >= 11 is 9.51. The van der Waals surface area contributed by atoms with Crippen LogP contribution in [0, 0.1) is 0 Å². The van der Waals surface area contributed by atoms with E-state index in [1.54, 1.807) is 0 Å². The molecule has 0 spiro atoms. The van der Waals surface area contributed by atoms with E-state index in [-0.39, 0.29) is 30.1 Å². The molecule has 1 aromatic carbocycles. The van der Waals surface area contributed by atoms with Gasteiger partial charge < -0.3 is 15.4 Å². The van der Waals surface area contributed by atoms with Crippen molar-refractivity contribution in [2.75, 3.05) is 26.2 Å². The van der Waals surface area contributed by atoms with Crippen molar-refractivity contribution in [2.24, 2.45) is 10.7 Å². The summed E-state index contributed by atoms with van der Waals surface area (Å²) in [5.41, 5.74) is 7.17. The number of nitrogens with zero attached hydrogens (tertiary/aromatic N) is 2. The monoisotopic (exact) mass is 487 g/mol. The first-order valence-electron chi connectivity index (χ1n) is 6.66. The van der Waals surface area contributed by atoms with Crippen LogP contribution in [0.15, 0.2) is 27.7 Å². The van der Waals surface area contributed by atoms with Crippen LogP contribution in [0.25, 0.3) is 0 Å². The molecular formula is C14H20BrClIN3O. The summed E-state index contributed by atoms with van der Waals surface area (Å²) in [4.78, 5) is 6.52. The highest BCUT2D eigenvalue weighted by atomic mass is 127. The standard InChI is InChI=1S/C14H19BrClN3O.HI/c1-10-9-19(6-7-20-10)14(17)18-5-4-11-8-12(16)2-3-13(11)15;/h2-3,8,10H,4-7,9H2,1H3,(H2,17,18);1H. The molecule has 1 saturated heterocycles. The quantitative estimate of drug-likeness (QED) is 0.404. The molecule has 0 radical (unpaired) electrons. The Balaban J connectivity index is 0.00000220. The first kappa shape index (κ1) is 19.0. The Morgan fingerprint density at radius 2 is 2.33 bits per heavy atom. The van der Waals surface area contributed by atoms with Gasteiger partial charge in [0.05, 0.1) is 12.7 Å². The van der Waals surface area contributed by atoms with Gasteiger partial charge in [0, 0.05) is 29.1 Å². The highest BCUT2D eigenvalue weighted by Gasteiger charge is 2.17. The molecule has 1 aliphatic rings. The molecule has 118 valence electrons. The second-order valence-electron chi connectivity index (χ2n) is 4.85. The van der Waals surface area contributed by atoms with Crippen LogP contribution < -0.4 is 5.73 Å². The molecule has 0 saturated carbocycles. The zero-order valence-electron chi connectivity index (χ0n) is 11.9. The van der Waals surface area contributed by atoms with Crippen molar-refractivity contribution in [2.45, 2.75) is 19.4 Å². The van der Waals surface area contributed by atoms with Gasteiger partial charge >= 0.3 is 0 Å². The number of benzene rings is 1. The number of guanidine groups is 1. The normalized spacial score (nSPS) is 19.3. The van der Waals surface area contributed by atoms with Gasteiger partial charge in [0.15, 0.2) is 5.96 Å². The highest BCUT2D eigenvalue weighted by Crippen LogP contribution is 2.21. The van der Waals surface area contributed by atoms with Gasteiger partial charge in [-0.2, -0.15) is 0 Å². The average Bonchev–Trinajstić information content (AvgIpc) is 2.42. The third kappa shape index (κ3) is 5.92. The van der Waals surface area contributed by atoms with Gasteiger partial charge in [0.2, 0.25) is 0 Å². The van der Waals surface area contributed by atoms with Crippen molar-refractivity contribution in [3.8, 4) is 0 Å². The first-order valence-corrected chi connectivity index (χ1v) is 7.84. The summed E-state index contributed by atoms with van der Waals surface area (Å²) in [6.45, 7) is 5.01. The zero-order valence-corrected chi connectivity index (χ0v) is 16.6. The number of aliphatic imine (C=N–C) groups is 1. The van der Waals surface area contributed by atoms with Crippen LogP contribution in [-0.2, 0) is 11.2 Å². The summed E-state index contributed by atoms with van der Waals surface area (Å²) in [5, 5.41) is 0.738. The summed E-state index contributed by atoms with van der Waals surface area (Å²) in [6.07, 6.45) is 1.02. The summed E-state index contributed by atoms with van der Waals surface area (Å²) in [7, 11) is 0. The first-order chi connectivity index (χ1) is 9.56. The Kier molecular flexibility index (Phi) is 8.30. The van der Waals surface area contributed by atoms with E-state index in [4.69, 9.17) is 22.1 Å². The lowest BCUT2D eigenvalue weighted by Gasteiger charge is -2.31. The molecule has 1 atom stereocenters. The lowest BCUT2D eigenvalue weighted by molar-refractivity contribution is 0.00530. The number of morpholine rings is 1. The molecule has 21 heavy (non-hydrogen) atoms. The molecule has 2 N–H and O–H groups in total. The predicted molar refractivity (Wildman–Crippen MR) is 102 cm³/mol. The van der Waals surface area contributed by atoms with Crippen molar-refractivity contribution >= 4 is 57.5 Å². The van der Waals surface area contributed by atoms with E-state index in [2.05, 4.69) is 25.8 Å². The smallest absolute Gasteiger partial charge is 0.191 e. The van der Waals surface area contributed by atoms with Crippen molar-refractivity contribution in [3.63, 3.8) is 0 Å². The molecule has 7 heteroatoms. The van der Waals surface area contributed by atoms with E-state index in [1.807, 2.05) is 25.1 Å². The van der Waals surface area contributed by atoms with E-state index in [0.717, 1.165) is 34.6 Å². The van der Waals surface area contributed by atoms with Gasteiger partial charge in [0.25, 0.3) is 0 Å². The fourth-order valence-electron chi connectivity index (χ4n) is 2.15. The third-order valence-electron chi connectivity index (χ3n) is 3.23. The molecule has 0 bridgehead atoms. The van der Waals surface area contributed by atoms with Crippen LogP contribution in [0.1, 0.15) is 12.5 Å². The van der Waals surface area contributed by atoms with Gasteiger partial charge in [-0.3, -0.25) is 4.99 Å². The van der Waals surface area contributed by atoms with E-state index in [9.17, 15) is 0 Å². The van der Waals surface area contributed by atoms with E-state index >= 15 is 0 Å². The summed E-state index contributed by atoms with van der Waals surface area (Å²) in [6, 6.07) is 5.77. The van der Waals surface area contributed by atoms with E-state index in [0.29, 0.717) is 19.1 Å². The van der Waals surface area contributed by atoms with Crippen LogP contribution in [-0.4, -0.2) is 43.2 Å². The minimum atomic E-state index is 0. The summed E-state index contributed by atoms with van der Waals surface area (Å²) < 4.78 is 6.54. The Labute approximate surface area is 156 Å². The average molecular weight is 489 g/mol. The van der Waals surface area contributed by atoms with Gasteiger partial charge in [-0.1, -0.05) is 27.5 Å². The van der Waals surface area contributed by atoms with E-state index in [1.165, 1.54) is 0 Å². The van der Waals surface area contributed by atoms with Crippen LogP contribution in [0.2, 0.25) is 5.02 Å². The van der Waals surface area contributed by atoms with Crippen LogP contribution in [0.5, 0.6) is 0 Å². The maximum Gasteiger partial charge on any atom is 0.191 e. The highest BCUT2D eigenvalue weighted by molar-refractivity contribution is 14.0. The van der Waals surface area contributed by atoms with Crippen LogP contribution >= 0.6 is 51.5 Å². The number of rotatable bonds is 3. The van der Waals surface area contributed by atoms with Gasteiger partial charge in [-0.05, 0) is 37.1 Å². The lowest BCUT2D eigenvalue weighted by atomic mass is 10.1. The Morgan fingerprint density at radius 3 is 3.05 bits per heavy atom. The fourth-order valence-corrected chi connectivity index (χ4v) is 2.79. The van der Waals surface area contributed by atoms with E-state index < -0.39 is 0 Å². The molecule has 1 aliphatic heterocycles. The fraction of sp³-hybridized carbons (Fsp3) is 0.500. The molecule has 4 nitrogen and oxygen atoms in total. The van der Waals surface area contributed by atoms with Crippen molar-refractivity contribution in [3.05, 3.63) is 33.3 Å². The maximum atomic E-state index is 6.03.